The fourth-order valence-corrected chi connectivity index (χ4v) is 3.10. The zero-order valence-corrected chi connectivity index (χ0v) is 19.1. The monoisotopic (exact) mass is 446 g/mol. The first-order valence-corrected chi connectivity index (χ1v) is 10.5. The SMILES string of the molecule is CCn1cc(NC(=O)c2ccc(Cn3nc(C)c(Cl)c3C)o2)c(C(=O)NCC(C)C)n1. The Hall–Kier alpha value is -3.07. The van der Waals surface area contributed by atoms with Gasteiger partial charge in [-0.1, -0.05) is 25.4 Å². The van der Waals surface area contributed by atoms with E-state index < -0.39 is 5.91 Å². The lowest BCUT2D eigenvalue weighted by Gasteiger charge is -2.07. The Morgan fingerprint density at radius 3 is 2.55 bits per heavy atom. The number of rotatable bonds is 8. The second-order valence-corrected chi connectivity index (χ2v) is 8.09. The Balaban J connectivity index is 1.74. The van der Waals surface area contributed by atoms with Gasteiger partial charge in [-0.15, -0.1) is 0 Å². The van der Waals surface area contributed by atoms with Gasteiger partial charge >= 0.3 is 0 Å². The Morgan fingerprint density at radius 1 is 1.19 bits per heavy atom. The minimum absolute atomic E-state index is 0.125. The highest BCUT2D eigenvalue weighted by atomic mass is 35.5. The van der Waals surface area contributed by atoms with Crippen molar-refractivity contribution in [2.45, 2.75) is 47.7 Å². The molecule has 0 aliphatic carbocycles. The zero-order chi connectivity index (χ0) is 22.7. The Kier molecular flexibility index (Phi) is 6.84. The highest BCUT2D eigenvalue weighted by Gasteiger charge is 2.21. The standard InChI is InChI=1S/C21H27ClN6O3/c1-6-27-11-16(19(26-27)21(30)23-9-12(2)3)24-20(29)17-8-7-15(31-17)10-28-14(5)18(22)13(4)25-28/h7-8,11-12H,6,9-10H2,1-5H3,(H,23,30)(H,24,29). The minimum Gasteiger partial charge on any atom is -0.454 e. The molecule has 3 aromatic heterocycles. The van der Waals surface area contributed by atoms with Gasteiger partial charge in [-0.25, -0.2) is 0 Å². The van der Waals surface area contributed by atoms with Crippen molar-refractivity contribution in [2.75, 3.05) is 11.9 Å². The van der Waals surface area contributed by atoms with Crippen LogP contribution in [0.4, 0.5) is 5.69 Å². The number of furan rings is 1. The van der Waals surface area contributed by atoms with Gasteiger partial charge in [-0.05, 0) is 38.8 Å². The molecule has 0 unspecified atom stereocenters. The molecule has 0 bridgehead atoms. The van der Waals surface area contributed by atoms with Gasteiger partial charge in [0.2, 0.25) is 0 Å². The summed E-state index contributed by atoms with van der Waals surface area (Å²) in [6, 6.07) is 3.30. The summed E-state index contributed by atoms with van der Waals surface area (Å²) in [7, 11) is 0. The predicted octanol–water partition coefficient (Wildman–Crippen LogP) is 3.65. The number of aromatic nitrogens is 4. The highest BCUT2D eigenvalue weighted by molar-refractivity contribution is 6.31. The fourth-order valence-electron chi connectivity index (χ4n) is 2.97. The van der Waals surface area contributed by atoms with Crippen LogP contribution >= 0.6 is 11.6 Å². The molecule has 3 rings (SSSR count). The first-order valence-electron chi connectivity index (χ1n) is 10.1. The van der Waals surface area contributed by atoms with E-state index in [0.29, 0.717) is 42.0 Å². The lowest BCUT2D eigenvalue weighted by atomic mass is 10.2. The van der Waals surface area contributed by atoms with E-state index in [0.717, 1.165) is 11.4 Å². The van der Waals surface area contributed by atoms with E-state index in [2.05, 4.69) is 20.8 Å². The summed E-state index contributed by atoms with van der Waals surface area (Å²) < 4.78 is 9.01. The number of hydrogen-bond acceptors (Lipinski definition) is 5. The van der Waals surface area contributed by atoms with E-state index >= 15 is 0 Å². The van der Waals surface area contributed by atoms with Crippen LogP contribution in [0, 0.1) is 19.8 Å². The lowest BCUT2D eigenvalue weighted by molar-refractivity contribution is 0.0944. The summed E-state index contributed by atoms with van der Waals surface area (Å²) in [5.74, 6) is 0.185. The third kappa shape index (κ3) is 5.16. The number of carbonyl (C=O) groups is 2. The molecule has 0 radical (unpaired) electrons. The van der Waals surface area contributed by atoms with Gasteiger partial charge < -0.3 is 15.1 Å². The molecule has 10 heteroatoms. The van der Waals surface area contributed by atoms with Crippen molar-refractivity contribution < 1.29 is 14.0 Å². The molecular formula is C21H27ClN6O3. The lowest BCUT2D eigenvalue weighted by Crippen LogP contribution is -2.28. The van der Waals surface area contributed by atoms with Crippen LogP contribution in [-0.2, 0) is 13.1 Å². The maximum Gasteiger partial charge on any atom is 0.291 e. The Morgan fingerprint density at radius 2 is 1.94 bits per heavy atom. The van der Waals surface area contributed by atoms with Crippen LogP contribution < -0.4 is 10.6 Å². The van der Waals surface area contributed by atoms with E-state index in [9.17, 15) is 9.59 Å². The number of aryl methyl sites for hydroxylation is 2. The van der Waals surface area contributed by atoms with Crippen molar-refractivity contribution in [1.82, 2.24) is 24.9 Å². The predicted molar refractivity (Wildman–Crippen MR) is 118 cm³/mol. The number of hydrogen-bond donors (Lipinski definition) is 2. The molecule has 3 aromatic rings. The first-order chi connectivity index (χ1) is 14.7. The summed E-state index contributed by atoms with van der Waals surface area (Å²) >= 11 is 6.19. The van der Waals surface area contributed by atoms with Gasteiger partial charge in [0.25, 0.3) is 11.8 Å². The van der Waals surface area contributed by atoms with Crippen molar-refractivity contribution >= 4 is 29.1 Å². The van der Waals surface area contributed by atoms with Crippen molar-refractivity contribution in [1.29, 1.82) is 0 Å². The molecule has 9 nitrogen and oxygen atoms in total. The van der Waals surface area contributed by atoms with Crippen LogP contribution in [0.1, 0.15) is 59.0 Å². The number of halogens is 1. The van der Waals surface area contributed by atoms with Crippen LogP contribution in [0.5, 0.6) is 0 Å². The third-order valence-corrected chi connectivity index (χ3v) is 5.25. The van der Waals surface area contributed by atoms with E-state index in [-0.39, 0.29) is 17.4 Å². The molecule has 0 aliphatic heterocycles. The average Bonchev–Trinajstić information content (AvgIpc) is 3.42. The molecule has 2 amide bonds. The van der Waals surface area contributed by atoms with Crippen molar-refractivity contribution in [2.24, 2.45) is 5.92 Å². The molecule has 0 saturated carbocycles. The third-order valence-electron chi connectivity index (χ3n) is 4.70. The number of nitrogens with one attached hydrogen (secondary N) is 2. The summed E-state index contributed by atoms with van der Waals surface area (Å²) in [4.78, 5) is 25.2. The zero-order valence-electron chi connectivity index (χ0n) is 18.3. The minimum atomic E-state index is -0.466. The molecular weight excluding hydrogens is 420 g/mol. The summed E-state index contributed by atoms with van der Waals surface area (Å²) in [6.07, 6.45) is 1.63. The quantitative estimate of drug-likeness (QED) is 0.549. The van der Waals surface area contributed by atoms with Crippen LogP contribution in [0.25, 0.3) is 0 Å². The van der Waals surface area contributed by atoms with Crippen LogP contribution in [0.2, 0.25) is 5.02 Å². The van der Waals surface area contributed by atoms with Gasteiger partial charge in [0.15, 0.2) is 11.5 Å². The molecule has 3 heterocycles. The van der Waals surface area contributed by atoms with Gasteiger partial charge in [-0.2, -0.15) is 10.2 Å². The van der Waals surface area contributed by atoms with Crippen molar-refractivity contribution in [3.05, 3.63) is 52.0 Å². The van der Waals surface area contributed by atoms with Gasteiger partial charge in [-0.3, -0.25) is 19.0 Å². The summed E-state index contributed by atoms with van der Waals surface area (Å²) in [5.41, 5.74) is 2.06. The normalized spacial score (nSPS) is 11.2. The molecule has 31 heavy (non-hydrogen) atoms. The molecule has 166 valence electrons. The van der Waals surface area contributed by atoms with E-state index in [1.807, 2.05) is 34.6 Å². The fraction of sp³-hybridized carbons (Fsp3) is 0.429. The van der Waals surface area contributed by atoms with Gasteiger partial charge in [0.05, 0.1) is 28.6 Å². The summed E-state index contributed by atoms with van der Waals surface area (Å²) in [6.45, 7) is 11.0. The van der Waals surface area contributed by atoms with Crippen LogP contribution in [0.15, 0.2) is 22.7 Å². The summed E-state index contributed by atoms with van der Waals surface area (Å²) in [5, 5.41) is 14.8. The Labute approximate surface area is 185 Å². The second-order valence-electron chi connectivity index (χ2n) is 7.71. The van der Waals surface area contributed by atoms with E-state index in [1.54, 1.807) is 27.7 Å². The smallest absolute Gasteiger partial charge is 0.291 e. The van der Waals surface area contributed by atoms with Gasteiger partial charge in [0.1, 0.15) is 5.76 Å². The number of anilines is 1. The van der Waals surface area contributed by atoms with Crippen LogP contribution in [0.3, 0.4) is 0 Å². The molecule has 2 N–H and O–H groups in total. The molecule has 0 saturated heterocycles. The molecule has 0 spiro atoms. The molecule has 0 fully saturated rings. The number of carbonyl (C=O) groups excluding carboxylic acids is 2. The second kappa shape index (κ2) is 9.38. The largest absolute Gasteiger partial charge is 0.454 e. The topological polar surface area (TPSA) is 107 Å². The molecule has 0 aromatic carbocycles. The van der Waals surface area contributed by atoms with Crippen molar-refractivity contribution in [3.8, 4) is 0 Å². The average molecular weight is 447 g/mol. The molecule has 0 atom stereocenters. The van der Waals surface area contributed by atoms with Crippen molar-refractivity contribution in [3.63, 3.8) is 0 Å². The van der Waals surface area contributed by atoms with Gasteiger partial charge in [0, 0.05) is 19.3 Å². The van der Waals surface area contributed by atoms with Crippen LogP contribution in [-0.4, -0.2) is 37.9 Å². The maximum atomic E-state index is 12.7. The number of amides is 2. The first kappa shape index (κ1) is 22.6. The number of nitrogens with zero attached hydrogens (tertiary/aromatic N) is 4. The highest BCUT2D eigenvalue weighted by Crippen LogP contribution is 2.21. The maximum absolute atomic E-state index is 12.7. The van der Waals surface area contributed by atoms with E-state index in [1.165, 1.54) is 0 Å². The molecule has 0 aliphatic rings. The van der Waals surface area contributed by atoms with E-state index in [4.69, 9.17) is 16.0 Å². The Bertz CT molecular complexity index is 1090.